The van der Waals surface area contributed by atoms with Crippen molar-refractivity contribution in [2.45, 2.75) is 117 Å². The number of benzene rings is 3. The minimum atomic E-state index is 0.402. The minimum Gasteiger partial charge on any atom is -0.354 e. The number of nitrogens with one attached hydrogen (secondary N) is 8. The molecular weight excluding hydrogens is 1390 g/mol. The molecule has 6 heterocycles. The van der Waals surface area contributed by atoms with Crippen molar-refractivity contribution in [1.29, 1.82) is 0 Å². The van der Waals surface area contributed by atoms with E-state index in [0.29, 0.717) is 279 Å². The largest absolute Gasteiger partial charge is 0.354 e. The van der Waals surface area contributed by atoms with Crippen molar-refractivity contribution < 1.29 is 0 Å². The van der Waals surface area contributed by atoms with Crippen LogP contribution in [0.25, 0.3) is 0 Å². The Morgan fingerprint density at radius 3 is 0.790 bits per heavy atom. The van der Waals surface area contributed by atoms with Crippen LogP contribution in [0.5, 0.6) is 0 Å². The molecule has 0 amide bonds. The van der Waals surface area contributed by atoms with E-state index in [9.17, 15) is 0 Å². The van der Waals surface area contributed by atoms with E-state index in [0.717, 1.165) is 29.5 Å². The molecule has 0 aliphatic heterocycles. The van der Waals surface area contributed by atoms with Gasteiger partial charge in [-0.3, -0.25) is 0 Å². The summed E-state index contributed by atoms with van der Waals surface area (Å²) in [5.41, 5.74) is 26.6. The van der Waals surface area contributed by atoms with Crippen molar-refractivity contribution in [2.24, 2.45) is 22.9 Å². The van der Waals surface area contributed by atoms with Gasteiger partial charge in [-0.25, -0.2) is 19.9 Å². The Bertz CT molecular complexity index is 3930. The molecule has 0 bridgehead atoms. The van der Waals surface area contributed by atoms with Crippen LogP contribution in [-0.4, -0.2) is 168 Å². The van der Waals surface area contributed by atoms with E-state index in [1.54, 1.807) is 11.8 Å². The quantitative estimate of drug-likeness (QED) is 0.0126. The molecule has 0 spiro atoms. The molecule has 0 radical (unpaired) electrons. The Morgan fingerprint density at radius 1 is 0.270 bits per heavy atom. The highest BCUT2D eigenvalue weighted by Gasteiger charge is 2.16. The van der Waals surface area contributed by atoms with Crippen LogP contribution >= 0.6 is 70.1 Å². The van der Waals surface area contributed by atoms with Gasteiger partial charge < -0.3 is 65.5 Å². The molecule has 0 atom stereocenters. The maximum Gasteiger partial charge on any atom is 0.227 e. The lowest BCUT2D eigenvalue weighted by atomic mass is 10.2. The van der Waals surface area contributed by atoms with Crippen molar-refractivity contribution in [3.8, 4) is 0 Å². The average molecular weight is 1480 g/mol. The Balaban J connectivity index is 0.781. The highest BCUT2D eigenvalue weighted by atomic mass is 35.5. The van der Waals surface area contributed by atoms with Gasteiger partial charge in [0.2, 0.25) is 47.6 Å². The summed E-state index contributed by atoms with van der Waals surface area (Å²) in [5, 5.41) is 30.5. The van der Waals surface area contributed by atoms with Gasteiger partial charge in [0.05, 0.1) is 0 Å². The third kappa shape index (κ3) is 27.8. The number of hydrogen-bond acceptors (Lipinski definition) is 33. The first-order valence-corrected chi connectivity index (χ1v) is 37.3. The molecule has 16 N–H and O–H groups in total. The average Bonchev–Trinajstić information content (AvgIpc) is 0.955. The van der Waals surface area contributed by atoms with Crippen molar-refractivity contribution in [3.63, 3.8) is 0 Å². The van der Waals surface area contributed by atoms with E-state index in [1.807, 2.05) is 79.7 Å². The van der Waals surface area contributed by atoms with E-state index in [2.05, 4.69) is 72.4 Å². The summed E-state index contributed by atoms with van der Waals surface area (Å²) in [4.78, 5) is 84.9. The summed E-state index contributed by atoms with van der Waals surface area (Å²) < 4.78 is 0. The van der Waals surface area contributed by atoms with Gasteiger partial charge in [-0.2, -0.15) is 69.8 Å². The number of halogens is 3. The second kappa shape index (κ2) is 42.2. The van der Waals surface area contributed by atoms with E-state index in [-0.39, 0.29) is 0 Å². The first kappa shape index (κ1) is 76.1. The summed E-state index contributed by atoms with van der Waals surface area (Å²) in [7, 11) is 0. The summed E-state index contributed by atoms with van der Waals surface area (Å²) >= 11 is 23.1. The van der Waals surface area contributed by atoms with Crippen LogP contribution in [0, 0.1) is 6.92 Å². The lowest BCUT2D eigenvalue weighted by Gasteiger charge is -2.12. The van der Waals surface area contributed by atoms with E-state index in [1.165, 1.54) is 23.5 Å². The maximum atomic E-state index is 6.22. The molecule has 9 rings (SSSR count). The van der Waals surface area contributed by atoms with E-state index < -0.39 is 0 Å². The van der Waals surface area contributed by atoms with E-state index >= 15 is 0 Å². The zero-order chi connectivity index (χ0) is 69.9. The molecule has 9 aromatic rings. The molecule has 0 aliphatic carbocycles. The molecule has 0 fully saturated rings. The second-order valence-corrected chi connectivity index (χ2v) is 26.6. The van der Waals surface area contributed by atoms with Gasteiger partial charge in [-0.05, 0) is 105 Å². The van der Waals surface area contributed by atoms with Gasteiger partial charge in [-0.1, -0.05) is 106 Å². The molecule has 0 aliphatic rings. The summed E-state index contributed by atoms with van der Waals surface area (Å²) in [6.45, 7) is 8.00. The Kier molecular flexibility index (Phi) is 32.1. The van der Waals surface area contributed by atoms with Crippen LogP contribution < -0.4 is 65.5 Å². The fourth-order valence-electron chi connectivity index (χ4n) is 9.30. The molecule has 30 nitrogen and oxygen atoms in total. The zero-order valence-electron chi connectivity index (χ0n) is 55.7. The van der Waals surface area contributed by atoms with Crippen LogP contribution in [0.2, 0.25) is 15.1 Å². The van der Waals surface area contributed by atoms with Crippen LogP contribution in [-0.2, 0) is 55.8 Å². The third-order valence-corrected chi connectivity index (χ3v) is 17.7. The number of hydrogen-bond donors (Lipinski definition) is 12. The number of aromatic nitrogens is 18. The van der Waals surface area contributed by atoms with Gasteiger partial charge in [0.25, 0.3) is 0 Å². The standard InChI is InChI=1S/C64H85Cl3N30S3/c1-41-80-48(82-54(81-41)77-35-27-69)9-3-32-74-60-88-52(91-63(96-60)99-39-43-16-22-46(66)23-17-43)12-6-30-72-56-84-50(86-58(94-56)79-37-29-71)11-5-34-76-61-89-53(92-64(97-61)100-40-44-18-24-47(67)25-19-44)13-7-31-73-55-83-49(85-57(93-55)78-36-28-70)10-4-33-75-59-87-51(8-2-26-68)90-62(95-59)98-38-42-14-20-45(65)21-15-42/h14-25H,2-13,26-40,68-71H2,1H3,(H,74,88,91,96)(H,75,87,90,95)(H,76,89,92,97)(H,77,80,81,82)(H2,72,79,84,86,94)(H2,73,78,83,85,93). The molecule has 0 saturated carbocycles. The van der Waals surface area contributed by atoms with Gasteiger partial charge in [-0.15, -0.1) is 0 Å². The van der Waals surface area contributed by atoms with Gasteiger partial charge in [0.1, 0.15) is 40.8 Å². The van der Waals surface area contributed by atoms with Gasteiger partial charge in [0.15, 0.2) is 15.5 Å². The molecular formula is C64H85Cl3N30S3. The smallest absolute Gasteiger partial charge is 0.227 e. The molecule has 530 valence electrons. The topological polar surface area (TPSA) is 432 Å². The molecule has 100 heavy (non-hydrogen) atoms. The van der Waals surface area contributed by atoms with Crippen molar-refractivity contribution in [1.82, 2.24) is 89.7 Å². The first-order valence-electron chi connectivity index (χ1n) is 33.2. The van der Waals surface area contributed by atoms with Crippen molar-refractivity contribution >= 4 is 118 Å². The first-order chi connectivity index (χ1) is 48.9. The predicted octanol–water partition coefficient (Wildman–Crippen LogP) is 8.17. The Hall–Kier alpha value is -8.12. The summed E-state index contributed by atoms with van der Waals surface area (Å²) in [5.74, 6) is 10.3. The minimum absolute atomic E-state index is 0.402. The number of rotatable bonds is 46. The highest BCUT2D eigenvalue weighted by Crippen LogP contribution is 2.26. The fraction of sp³-hybridized carbons (Fsp3) is 0.438. The third-order valence-electron chi connectivity index (χ3n) is 14.2. The van der Waals surface area contributed by atoms with Crippen LogP contribution in [0.3, 0.4) is 0 Å². The van der Waals surface area contributed by atoms with Crippen LogP contribution in [0.15, 0.2) is 88.3 Å². The number of nitrogens with zero attached hydrogens (tertiary/aromatic N) is 18. The lowest BCUT2D eigenvalue weighted by molar-refractivity contribution is 0.732. The van der Waals surface area contributed by atoms with Crippen LogP contribution in [0.4, 0.5) is 47.6 Å². The second-order valence-electron chi connectivity index (χ2n) is 22.4. The van der Waals surface area contributed by atoms with Crippen molar-refractivity contribution in [2.75, 3.05) is 121 Å². The zero-order valence-corrected chi connectivity index (χ0v) is 60.5. The fourth-order valence-corrected chi connectivity index (χ4v) is 12.1. The lowest BCUT2D eigenvalue weighted by Crippen LogP contribution is -2.18. The predicted molar refractivity (Wildman–Crippen MR) is 401 cm³/mol. The summed E-state index contributed by atoms with van der Waals surface area (Å²) in [6, 6.07) is 23.3. The molecule has 6 aromatic heterocycles. The molecule has 36 heteroatoms. The normalized spacial score (nSPS) is 11.2. The highest BCUT2D eigenvalue weighted by molar-refractivity contribution is 7.98. The van der Waals surface area contributed by atoms with Crippen molar-refractivity contribution in [3.05, 3.63) is 145 Å². The van der Waals surface area contributed by atoms with E-state index in [4.69, 9.17) is 118 Å². The Morgan fingerprint density at radius 2 is 0.510 bits per heavy atom. The number of thioether (sulfide) groups is 3. The Labute approximate surface area is 609 Å². The maximum absolute atomic E-state index is 6.22. The van der Waals surface area contributed by atoms with Gasteiger partial charge >= 0.3 is 0 Å². The van der Waals surface area contributed by atoms with Gasteiger partial charge in [0, 0.05) is 143 Å². The molecule has 3 aromatic carbocycles. The number of anilines is 8. The number of nitrogens with two attached hydrogens (primary N) is 4. The number of aryl methyl sites for hydroxylation is 7. The summed E-state index contributed by atoms with van der Waals surface area (Å²) in [6.07, 6.45) is 7.69. The molecule has 0 unspecified atom stereocenters. The van der Waals surface area contributed by atoms with Crippen LogP contribution in [0.1, 0.15) is 96.0 Å². The SMILES string of the molecule is Cc1nc(CCCNc2nc(CCCNc3nc(CCCNc4nc(CCCNc5nc(CCCNc6nc(CCCN)nc(SCc7ccc(Cl)cc7)n6)nc(NCCN)n5)nc(SCc5ccc(Cl)cc5)n4)nc(NCCN)n3)nc(SCc3ccc(Cl)cc3)n2)nc(NCCN)n1. The molecule has 0 saturated heterocycles. The monoisotopic (exact) mass is 1470 g/mol.